The SMILES string of the molecule is NC(=O)CNC(=O)CCCNC(=O)OCC1c2ccccc2-c2ccccc21. The van der Waals surface area contributed by atoms with Crippen LogP contribution in [-0.2, 0) is 14.3 Å². The second-order valence-electron chi connectivity index (χ2n) is 6.60. The fourth-order valence-corrected chi connectivity index (χ4v) is 3.36. The molecule has 0 atom stereocenters. The number of hydrogen-bond donors (Lipinski definition) is 3. The summed E-state index contributed by atoms with van der Waals surface area (Å²) in [5, 5.41) is 5.04. The summed E-state index contributed by atoms with van der Waals surface area (Å²) in [6, 6.07) is 16.3. The Bertz CT molecular complexity index is 836. The monoisotopic (exact) mass is 381 g/mol. The van der Waals surface area contributed by atoms with Crippen molar-refractivity contribution in [3.63, 3.8) is 0 Å². The summed E-state index contributed by atoms with van der Waals surface area (Å²) in [6.07, 6.45) is 0.116. The molecule has 1 aliphatic carbocycles. The Hall–Kier alpha value is -3.35. The minimum Gasteiger partial charge on any atom is -0.449 e. The van der Waals surface area contributed by atoms with Gasteiger partial charge in [-0.15, -0.1) is 0 Å². The molecule has 0 unspecified atom stereocenters. The quantitative estimate of drug-likeness (QED) is 0.607. The third-order valence-electron chi connectivity index (χ3n) is 4.65. The van der Waals surface area contributed by atoms with Crippen LogP contribution in [0, 0.1) is 0 Å². The highest BCUT2D eigenvalue weighted by Gasteiger charge is 2.28. The van der Waals surface area contributed by atoms with E-state index in [0.717, 1.165) is 11.1 Å². The predicted octanol–water partition coefficient (Wildman–Crippen LogP) is 1.91. The zero-order valence-electron chi connectivity index (χ0n) is 15.4. The van der Waals surface area contributed by atoms with Gasteiger partial charge in [0.15, 0.2) is 0 Å². The summed E-state index contributed by atoms with van der Waals surface area (Å²) in [7, 11) is 0. The van der Waals surface area contributed by atoms with Crippen LogP contribution in [0.5, 0.6) is 0 Å². The van der Waals surface area contributed by atoms with Gasteiger partial charge in [0.05, 0.1) is 6.54 Å². The molecule has 0 aliphatic heterocycles. The zero-order chi connectivity index (χ0) is 19.9. The zero-order valence-corrected chi connectivity index (χ0v) is 15.4. The minimum atomic E-state index is -0.592. The van der Waals surface area contributed by atoms with Crippen molar-refractivity contribution in [2.24, 2.45) is 5.73 Å². The molecule has 0 bridgehead atoms. The molecule has 28 heavy (non-hydrogen) atoms. The molecule has 0 heterocycles. The van der Waals surface area contributed by atoms with Crippen molar-refractivity contribution in [2.45, 2.75) is 18.8 Å². The van der Waals surface area contributed by atoms with Crippen molar-refractivity contribution in [1.29, 1.82) is 0 Å². The summed E-state index contributed by atoms with van der Waals surface area (Å²) in [5.74, 6) is -0.865. The maximum Gasteiger partial charge on any atom is 0.407 e. The summed E-state index contributed by atoms with van der Waals surface area (Å²) in [4.78, 5) is 34.0. The smallest absolute Gasteiger partial charge is 0.407 e. The van der Waals surface area contributed by atoms with Gasteiger partial charge in [0.2, 0.25) is 11.8 Å². The van der Waals surface area contributed by atoms with Gasteiger partial charge in [-0.05, 0) is 28.7 Å². The van der Waals surface area contributed by atoms with E-state index in [1.807, 2.05) is 24.3 Å². The number of rotatable bonds is 8. The highest BCUT2D eigenvalue weighted by atomic mass is 16.5. The lowest BCUT2D eigenvalue weighted by atomic mass is 9.98. The lowest BCUT2D eigenvalue weighted by Crippen LogP contribution is -2.34. The van der Waals surface area contributed by atoms with E-state index in [9.17, 15) is 14.4 Å². The number of carbonyl (C=O) groups excluding carboxylic acids is 3. The van der Waals surface area contributed by atoms with E-state index in [2.05, 4.69) is 34.9 Å². The van der Waals surface area contributed by atoms with Gasteiger partial charge in [-0.25, -0.2) is 4.79 Å². The van der Waals surface area contributed by atoms with Gasteiger partial charge in [-0.3, -0.25) is 9.59 Å². The van der Waals surface area contributed by atoms with Crippen LogP contribution in [0.15, 0.2) is 48.5 Å². The van der Waals surface area contributed by atoms with Gasteiger partial charge in [-0.1, -0.05) is 48.5 Å². The first-order valence-corrected chi connectivity index (χ1v) is 9.20. The maximum atomic E-state index is 12.0. The Morgan fingerprint density at radius 3 is 2.14 bits per heavy atom. The Labute approximate surface area is 163 Å². The lowest BCUT2D eigenvalue weighted by Gasteiger charge is -2.14. The second kappa shape index (κ2) is 9.03. The van der Waals surface area contributed by atoms with Gasteiger partial charge in [0.25, 0.3) is 0 Å². The molecule has 3 rings (SSSR count). The Morgan fingerprint density at radius 2 is 1.54 bits per heavy atom. The van der Waals surface area contributed by atoms with Crippen LogP contribution in [0.3, 0.4) is 0 Å². The first-order valence-electron chi connectivity index (χ1n) is 9.20. The van der Waals surface area contributed by atoms with Crippen molar-refractivity contribution in [1.82, 2.24) is 10.6 Å². The van der Waals surface area contributed by atoms with E-state index in [4.69, 9.17) is 10.5 Å². The van der Waals surface area contributed by atoms with Gasteiger partial charge >= 0.3 is 6.09 Å². The van der Waals surface area contributed by atoms with Crippen LogP contribution in [0.2, 0.25) is 0 Å². The highest BCUT2D eigenvalue weighted by molar-refractivity contribution is 5.83. The van der Waals surface area contributed by atoms with E-state index >= 15 is 0 Å². The molecule has 0 spiro atoms. The van der Waals surface area contributed by atoms with E-state index in [1.165, 1.54) is 11.1 Å². The van der Waals surface area contributed by atoms with Crippen LogP contribution in [0.25, 0.3) is 11.1 Å². The third-order valence-corrected chi connectivity index (χ3v) is 4.65. The van der Waals surface area contributed by atoms with Crippen molar-refractivity contribution in [2.75, 3.05) is 19.7 Å². The van der Waals surface area contributed by atoms with Crippen LogP contribution in [-0.4, -0.2) is 37.6 Å². The molecule has 0 saturated heterocycles. The van der Waals surface area contributed by atoms with E-state index < -0.39 is 12.0 Å². The average Bonchev–Trinajstić information content (AvgIpc) is 3.02. The van der Waals surface area contributed by atoms with Crippen LogP contribution < -0.4 is 16.4 Å². The number of primary amides is 1. The normalized spacial score (nSPS) is 12.0. The average molecular weight is 381 g/mol. The number of alkyl carbamates (subject to hydrolysis) is 1. The number of benzene rings is 2. The third kappa shape index (κ3) is 4.68. The predicted molar refractivity (Wildman–Crippen MR) is 105 cm³/mol. The molecule has 2 aromatic carbocycles. The summed E-state index contributed by atoms with van der Waals surface area (Å²) < 4.78 is 5.41. The molecule has 1 aliphatic rings. The number of carbonyl (C=O) groups is 3. The molecule has 146 valence electrons. The van der Waals surface area contributed by atoms with Gasteiger partial charge in [-0.2, -0.15) is 0 Å². The number of fused-ring (bicyclic) bond motifs is 3. The first kappa shape index (κ1) is 19.4. The Balaban J connectivity index is 1.45. The fraction of sp³-hybridized carbons (Fsp3) is 0.286. The largest absolute Gasteiger partial charge is 0.449 e. The van der Waals surface area contributed by atoms with Crippen molar-refractivity contribution < 1.29 is 19.1 Å². The van der Waals surface area contributed by atoms with Gasteiger partial charge in [0, 0.05) is 18.9 Å². The Morgan fingerprint density at radius 1 is 0.929 bits per heavy atom. The van der Waals surface area contributed by atoms with Gasteiger partial charge < -0.3 is 21.1 Å². The maximum absolute atomic E-state index is 12.0. The molecule has 0 aromatic heterocycles. The summed E-state index contributed by atoms with van der Waals surface area (Å²) in [6.45, 7) is 0.373. The first-order chi connectivity index (χ1) is 13.6. The molecular formula is C21H23N3O4. The molecule has 4 N–H and O–H groups in total. The number of amides is 3. The number of nitrogens with two attached hydrogens (primary N) is 1. The van der Waals surface area contributed by atoms with Crippen molar-refractivity contribution in [3.05, 3.63) is 59.7 Å². The topological polar surface area (TPSA) is 111 Å². The highest BCUT2D eigenvalue weighted by Crippen LogP contribution is 2.44. The van der Waals surface area contributed by atoms with Crippen molar-refractivity contribution in [3.8, 4) is 11.1 Å². The number of ether oxygens (including phenoxy) is 1. The van der Waals surface area contributed by atoms with E-state index in [1.54, 1.807) is 0 Å². The van der Waals surface area contributed by atoms with E-state index in [0.29, 0.717) is 13.0 Å². The van der Waals surface area contributed by atoms with Crippen LogP contribution in [0.1, 0.15) is 29.9 Å². The Kier molecular flexibility index (Phi) is 6.26. The second-order valence-corrected chi connectivity index (χ2v) is 6.60. The molecule has 7 heteroatoms. The summed E-state index contributed by atoms with van der Waals surface area (Å²) in [5.41, 5.74) is 9.61. The van der Waals surface area contributed by atoms with Crippen LogP contribution >= 0.6 is 0 Å². The standard InChI is InChI=1S/C21H23N3O4/c22-19(25)12-24-20(26)10-5-11-23-21(27)28-13-18-16-8-3-1-6-14(16)15-7-2-4-9-17(15)18/h1-4,6-9,18H,5,10-13H2,(H2,22,25)(H,23,27)(H,24,26). The molecule has 0 fully saturated rings. The van der Waals surface area contributed by atoms with E-state index in [-0.39, 0.29) is 31.4 Å². The number of hydrogen-bond acceptors (Lipinski definition) is 4. The van der Waals surface area contributed by atoms with Gasteiger partial charge in [0.1, 0.15) is 6.61 Å². The fourth-order valence-electron chi connectivity index (χ4n) is 3.36. The lowest BCUT2D eigenvalue weighted by molar-refractivity contribution is -0.124. The molecule has 7 nitrogen and oxygen atoms in total. The van der Waals surface area contributed by atoms with Crippen LogP contribution in [0.4, 0.5) is 4.79 Å². The number of nitrogens with one attached hydrogen (secondary N) is 2. The van der Waals surface area contributed by atoms with Crippen molar-refractivity contribution >= 4 is 17.9 Å². The molecule has 0 saturated carbocycles. The minimum absolute atomic E-state index is 0.0118. The molecular weight excluding hydrogens is 358 g/mol. The molecule has 3 amide bonds. The summed E-state index contributed by atoms with van der Waals surface area (Å²) >= 11 is 0. The molecule has 0 radical (unpaired) electrons. The molecule has 2 aromatic rings.